The summed E-state index contributed by atoms with van der Waals surface area (Å²) in [6.07, 6.45) is 0. The highest BCUT2D eigenvalue weighted by Gasteiger charge is 2.26. The van der Waals surface area contributed by atoms with Crippen molar-refractivity contribution < 1.29 is 13.6 Å². The van der Waals surface area contributed by atoms with E-state index in [0.29, 0.717) is 11.5 Å². The van der Waals surface area contributed by atoms with Gasteiger partial charge in [-0.3, -0.25) is 0 Å². The van der Waals surface area contributed by atoms with Crippen molar-refractivity contribution in [2.45, 2.75) is 13.8 Å². The van der Waals surface area contributed by atoms with Gasteiger partial charge in [0.1, 0.15) is 11.5 Å². The maximum atomic E-state index is 12.5. The predicted molar refractivity (Wildman–Crippen MR) is 80.4 cm³/mol. The van der Waals surface area contributed by atoms with E-state index in [1.807, 2.05) is 13.8 Å². The molecule has 0 aliphatic heterocycles. The summed E-state index contributed by atoms with van der Waals surface area (Å²) in [6, 6.07) is 13.7. The third kappa shape index (κ3) is 4.28. The van der Waals surface area contributed by atoms with Gasteiger partial charge in [-0.15, -0.1) is 0 Å². The molecule has 0 bridgehead atoms. The summed E-state index contributed by atoms with van der Waals surface area (Å²) < 4.78 is 22.9. The van der Waals surface area contributed by atoms with Crippen molar-refractivity contribution in [3.8, 4) is 11.5 Å². The summed E-state index contributed by atoms with van der Waals surface area (Å²) in [5.41, 5.74) is 10.6. The van der Waals surface area contributed by atoms with Crippen molar-refractivity contribution >= 4 is 7.75 Å². The van der Waals surface area contributed by atoms with Crippen molar-refractivity contribution in [1.29, 1.82) is 0 Å². The van der Waals surface area contributed by atoms with E-state index in [-0.39, 0.29) is 0 Å². The van der Waals surface area contributed by atoms with Crippen LogP contribution in [0.25, 0.3) is 10.4 Å². The van der Waals surface area contributed by atoms with E-state index in [1.54, 1.807) is 48.5 Å². The average molecular weight is 303 g/mol. The molecule has 0 aliphatic rings. The highest BCUT2D eigenvalue weighted by atomic mass is 31.2. The van der Waals surface area contributed by atoms with E-state index < -0.39 is 7.75 Å². The van der Waals surface area contributed by atoms with Gasteiger partial charge in [-0.05, 0) is 43.6 Å². The Morgan fingerprint density at radius 2 is 1.29 bits per heavy atom. The molecule has 0 radical (unpaired) electrons. The fourth-order valence-electron chi connectivity index (χ4n) is 1.57. The molecule has 0 atom stereocenters. The number of hydrogen-bond donors (Lipinski definition) is 0. The molecule has 0 amide bonds. The van der Waals surface area contributed by atoms with Gasteiger partial charge >= 0.3 is 7.75 Å². The SMILES string of the molecule is Cc1ccc(OP(=O)(N=[N+]=[N-])Oc2ccc(C)cc2)cc1. The van der Waals surface area contributed by atoms with Gasteiger partial charge in [0, 0.05) is 9.80 Å². The first kappa shape index (κ1) is 15.0. The Morgan fingerprint density at radius 3 is 1.62 bits per heavy atom. The fourth-order valence-corrected chi connectivity index (χ4v) is 2.55. The fraction of sp³-hybridized carbons (Fsp3) is 0.143. The monoisotopic (exact) mass is 303 g/mol. The van der Waals surface area contributed by atoms with Gasteiger partial charge in [0.25, 0.3) is 0 Å². The zero-order valence-electron chi connectivity index (χ0n) is 11.6. The molecule has 6 nitrogen and oxygen atoms in total. The number of benzene rings is 2. The minimum atomic E-state index is -3.99. The Kier molecular flexibility index (Phi) is 4.53. The van der Waals surface area contributed by atoms with Crippen LogP contribution in [0.15, 0.2) is 53.4 Å². The lowest BCUT2D eigenvalue weighted by Gasteiger charge is -2.15. The molecule has 0 aromatic heterocycles. The van der Waals surface area contributed by atoms with E-state index in [1.165, 1.54) is 0 Å². The number of rotatable bonds is 5. The molecule has 2 aromatic rings. The van der Waals surface area contributed by atoms with Gasteiger partial charge < -0.3 is 9.05 Å². The van der Waals surface area contributed by atoms with Gasteiger partial charge in [-0.25, -0.2) is 4.57 Å². The third-order valence-electron chi connectivity index (χ3n) is 2.63. The van der Waals surface area contributed by atoms with Crippen LogP contribution in [0.4, 0.5) is 0 Å². The van der Waals surface area contributed by atoms with Gasteiger partial charge in [-0.1, -0.05) is 35.4 Å². The molecule has 108 valence electrons. The summed E-state index contributed by atoms with van der Waals surface area (Å²) in [7, 11) is -3.99. The lowest BCUT2D eigenvalue weighted by Crippen LogP contribution is -1.98. The zero-order valence-corrected chi connectivity index (χ0v) is 12.5. The second-order valence-electron chi connectivity index (χ2n) is 4.46. The molecule has 0 heterocycles. The largest absolute Gasteiger partial charge is 0.525 e. The second-order valence-corrected chi connectivity index (χ2v) is 5.94. The van der Waals surface area contributed by atoms with Gasteiger partial charge in [0.05, 0.1) is 0 Å². The summed E-state index contributed by atoms with van der Waals surface area (Å²) in [5.74, 6) is 0.617. The second kappa shape index (κ2) is 6.35. The number of aryl methyl sites for hydroxylation is 2. The smallest absolute Gasteiger partial charge is 0.411 e. The first-order chi connectivity index (χ1) is 10.0. The van der Waals surface area contributed by atoms with Crippen LogP contribution >= 0.6 is 7.75 Å². The van der Waals surface area contributed by atoms with Crippen molar-refractivity contribution in [3.63, 3.8) is 0 Å². The number of nitrogens with zero attached hydrogens (tertiary/aromatic N) is 3. The number of hydrogen-bond acceptors (Lipinski definition) is 3. The van der Waals surface area contributed by atoms with Crippen molar-refractivity contribution in [2.75, 3.05) is 0 Å². The topological polar surface area (TPSA) is 84.3 Å². The van der Waals surface area contributed by atoms with Crippen LogP contribution in [0.1, 0.15) is 11.1 Å². The molecule has 0 spiro atoms. The average Bonchev–Trinajstić information content (AvgIpc) is 2.44. The molecule has 21 heavy (non-hydrogen) atoms. The van der Waals surface area contributed by atoms with Crippen LogP contribution in [0.5, 0.6) is 11.5 Å². The molecule has 7 heteroatoms. The molecule has 2 aromatic carbocycles. The summed E-state index contributed by atoms with van der Waals surface area (Å²) >= 11 is 0. The summed E-state index contributed by atoms with van der Waals surface area (Å²) in [5, 5.41) is 0. The molecular formula is C14H14N3O3P. The Bertz CT molecular complexity index is 656. The zero-order chi connectivity index (χ0) is 15.3. The van der Waals surface area contributed by atoms with Crippen molar-refractivity contribution in [2.24, 2.45) is 4.88 Å². The van der Waals surface area contributed by atoms with E-state index >= 15 is 0 Å². The normalized spacial score (nSPS) is 10.6. The Hall–Kier alpha value is -2.42. The molecule has 0 saturated heterocycles. The van der Waals surface area contributed by atoms with Crippen molar-refractivity contribution in [1.82, 2.24) is 0 Å². The van der Waals surface area contributed by atoms with E-state index in [0.717, 1.165) is 11.1 Å². The predicted octanol–water partition coefficient (Wildman–Crippen LogP) is 5.18. The Morgan fingerprint density at radius 1 is 0.905 bits per heavy atom. The molecule has 2 rings (SSSR count). The summed E-state index contributed by atoms with van der Waals surface area (Å²) in [6.45, 7) is 3.83. The van der Waals surface area contributed by atoms with Crippen LogP contribution < -0.4 is 9.05 Å². The van der Waals surface area contributed by atoms with Crippen LogP contribution in [-0.4, -0.2) is 0 Å². The lowest BCUT2D eigenvalue weighted by molar-refractivity contribution is 0.387. The Balaban J connectivity index is 2.23. The number of azide groups is 1. The minimum Gasteiger partial charge on any atom is -0.411 e. The maximum absolute atomic E-state index is 12.5. The van der Waals surface area contributed by atoms with Crippen molar-refractivity contribution in [3.05, 3.63) is 70.1 Å². The Labute approximate surface area is 122 Å². The summed E-state index contributed by atoms with van der Waals surface area (Å²) in [4.78, 5) is 5.73. The van der Waals surface area contributed by atoms with E-state index in [4.69, 9.17) is 14.6 Å². The molecule has 0 saturated carbocycles. The molecular weight excluding hydrogens is 289 g/mol. The van der Waals surface area contributed by atoms with Crippen LogP contribution in [0.2, 0.25) is 0 Å². The maximum Gasteiger partial charge on any atom is 0.525 e. The highest BCUT2D eigenvalue weighted by molar-refractivity contribution is 7.53. The van der Waals surface area contributed by atoms with Gasteiger partial charge in [-0.2, -0.15) is 0 Å². The van der Waals surface area contributed by atoms with Crippen LogP contribution in [0, 0.1) is 13.8 Å². The van der Waals surface area contributed by atoms with E-state index in [2.05, 4.69) is 9.80 Å². The third-order valence-corrected chi connectivity index (χ3v) is 3.82. The van der Waals surface area contributed by atoms with Gasteiger partial charge in [0.2, 0.25) is 0 Å². The van der Waals surface area contributed by atoms with E-state index in [9.17, 15) is 4.57 Å². The lowest BCUT2D eigenvalue weighted by atomic mass is 10.2. The van der Waals surface area contributed by atoms with Gasteiger partial charge in [0.15, 0.2) is 0 Å². The molecule has 0 N–H and O–H groups in total. The minimum absolute atomic E-state index is 0.309. The first-order valence-electron chi connectivity index (χ1n) is 6.20. The van der Waals surface area contributed by atoms with Crippen LogP contribution in [0.3, 0.4) is 0 Å². The molecule has 0 fully saturated rings. The highest BCUT2D eigenvalue weighted by Crippen LogP contribution is 2.50. The standard InChI is InChI=1S/C14H14N3O3P/c1-11-3-7-13(8-4-11)19-21(18,17-16-15)20-14-9-5-12(2)6-10-14/h3-10H,1-2H3. The quantitative estimate of drug-likeness (QED) is 0.330. The first-order valence-corrected chi connectivity index (χ1v) is 7.69. The molecule has 0 unspecified atom stereocenters. The van der Waals surface area contributed by atoms with Crippen LogP contribution in [-0.2, 0) is 4.57 Å². The molecule has 0 aliphatic carbocycles.